The Balaban J connectivity index is 1.56. The molecular formula is C22H23NO3S. The van der Waals surface area contributed by atoms with Crippen molar-refractivity contribution < 1.29 is 13.2 Å². The zero-order valence-electron chi connectivity index (χ0n) is 15.3. The molecule has 0 aliphatic carbocycles. The Bertz CT molecular complexity index is 968. The highest BCUT2D eigenvalue weighted by molar-refractivity contribution is 7.89. The lowest BCUT2D eigenvalue weighted by atomic mass is 10.1. The minimum Gasteiger partial charge on any atom is -0.372 e. The van der Waals surface area contributed by atoms with Crippen LogP contribution in [-0.2, 0) is 34.5 Å². The molecule has 27 heavy (non-hydrogen) atoms. The Kier molecular flexibility index (Phi) is 6.40. The van der Waals surface area contributed by atoms with Crippen LogP contribution in [0.3, 0.4) is 0 Å². The van der Waals surface area contributed by atoms with Crippen molar-refractivity contribution >= 4 is 10.0 Å². The molecule has 0 aromatic heterocycles. The Hall–Kier alpha value is -2.47. The van der Waals surface area contributed by atoms with Crippen LogP contribution in [0.1, 0.15) is 22.3 Å². The van der Waals surface area contributed by atoms with Crippen molar-refractivity contribution in [3.8, 4) is 0 Å². The van der Waals surface area contributed by atoms with Gasteiger partial charge >= 0.3 is 0 Å². The second-order valence-corrected chi connectivity index (χ2v) is 8.20. The minimum absolute atomic E-state index is 0.239. The second kappa shape index (κ2) is 8.95. The van der Waals surface area contributed by atoms with E-state index >= 15 is 0 Å². The van der Waals surface area contributed by atoms with Crippen LogP contribution in [0.4, 0.5) is 0 Å². The fourth-order valence-electron chi connectivity index (χ4n) is 2.67. The van der Waals surface area contributed by atoms with Gasteiger partial charge < -0.3 is 4.74 Å². The number of hydrogen-bond donors (Lipinski definition) is 1. The lowest BCUT2D eigenvalue weighted by molar-refractivity contribution is 0.107. The first-order chi connectivity index (χ1) is 13.0. The summed E-state index contributed by atoms with van der Waals surface area (Å²) >= 11 is 0. The van der Waals surface area contributed by atoms with E-state index < -0.39 is 10.0 Å². The van der Waals surface area contributed by atoms with Gasteiger partial charge in [-0.15, -0.1) is 0 Å². The average Bonchev–Trinajstić information content (AvgIpc) is 2.68. The van der Waals surface area contributed by atoms with Gasteiger partial charge in [0.05, 0.1) is 18.1 Å². The smallest absolute Gasteiger partial charge is 0.240 e. The summed E-state index contributed by atoms with van der Waals surface area (Å²) in [5, 5.41) is 0. The number of hydrogen-bond acceptors (Lipinski definition) is 3. The van der Waals surface area contributed by atoms with Gasteiger partial charge in [0.25, 0.3) is 0 Å². The fourth-order valence-corrected chi connectivity index (χ4v) is 3.69. The van der Waals surface area contributed by atoms with Crippen LogP contribution in [0, 0.1) is 6.92 Å². The molecule has 0 saturated heterocycles. The summed E-state index contributed by atoms with van der Waals surface area (Å²) in [6.45, 7) is 3.19. The molecule has 0 saturated carbocycles. The molecule has 0 radical (unpaired) electrons. The maximum absolute atomic E-state index is 12.4. The third-order valence-corrected chi connectivity index (χ3v) is 5.59. The van der Waals surface area contributed by atoms with Crippen LogP contribution in [-0.4, -0.2) is 8.42 Å². The Labute approximate surface area is 160 Å². The normalized spacial score (nSPS) is 11.4. The molecule has 0 spiro atoms. The van der Waals surface area contributed by atoms with Crippen LogP contribution in [0.2, 0.25) is 0 Å². The first kappa shape index (κ1) is 19.3. The van der Waals surface area contributed by atoms with Gasteiger partial charge in [-0.25, -0.2) is 13.1 Å². The molecule has 5 heteroatoms. The standard InChI is InChI=1S/C22H23NO3S/c1-18-10-12-22(13-11-18)27(24,25)23-15-20-8-5-9-21(14-20)17-26-16-19-6-3-2-4-7-19/h2-14,23H,15-17H2,1H3. The molecule has 0 fully saturated rings. The van der Waals surface area contributed by atoms with Crippen LogP contribution in [0.15, 0.2) is 83.8 Å². The molecule has 4 nitrogen and oxygen atoms in total. The van der Waals surface area contributed by atoms with Gasteiger partial charge in [-0.1, -0.05) is 72.3 Å². The van der Waals surface area contributed by atoms with Gasteiger partial charge in [-0.05, 0) is 35.7 Å². The summed E-state index contributed by atoms with van der Waals surface area (Å²) in [6.07, 6.45) is 0. The number of benzene rings is 3. The Morgan fingerprint density at radius 1 is 0.778 bits per heavy atom. The largest absolute Gasteiger partial charge is 0.372 e. The molecule has 0 heterocycles. The first-order valence-corrected chi connectivity index (χ1v) is 10.3. The average molecular weight is 381 g/mol. The van der Waals surface area contributed by atoms with Gasteiger partial charge in [0.15, 0.2) is 0 Å². The highest BCUT2D eigenvalue weighted by Gasteiger charge is 2.13. The van der Waals surface area contributed by atoms with Gasteiger partial charge in [0.2, 0.25) is 10.0 Å². The van der Waals surface area contributed by atoms with E-state index in [9.17, 15) is 8.42 Å². The van der Waals surface area contributed by atoms with E-state index in [1.807, 2.05) is 61.5 Å². The predicted molar refractivity (Wildman–Crippen MR) is 107 cm³/mol. The van der Waals surface area contributed by atoms with Gasteiger partial charge in [0, 0.05) is 6.54 Å². The molecule has 140 valence electrons. The summed E-state index contributed by atoms with van der Waals surface area (Å²) in [5.41, 5.74) is 4.06. The zero-order chi connectivity index (χ0) is 19.1. The first-order valence-electron chi connectivity index (χ1n) is 8.79. The van der Waals surface area contributed by atoms with Crippen molar-refractivity contribution in [1.82, 2.24) is 4.72 Å². The number of ether oxygens (including phenoxy) is 1. The predicted octanol–water partition coefficient (Wildman–Crippen LogP) is 4.19. The molecule has 3 aromatic carbocycles. The van der Waals surface area contributed by atoms with E-state index in [0.717, 1.165) is 22.3 Å². The Morgan fingerprint density at radius 2 is 1.41 bits per heavy atom. The topological polar surface area (TPSA) is 55.4 Å². The quantitative estimate of drug-likeness (QED) is 0.636. The molecule has 0 atom stereocenters. The van der Waals surface area contributed by atoms with E-state index in [1.54, 1.807) is 24.3 Å². The maximum Gasteiger partial charge on any atom is 0.240 e. The molecule has 0 amide bonds. The lowest BCUT2D eigenvalue weighted by Crippen LogP contribution is -2.23. The van der Waals surface area contributed by atoms with Crippen molar-refractivity contribution in [2.75, 3.05) is 0 Å². The molecule has 0 unspecified atom stereocenters. The third kappa shape index (κ3) is 5.76. The van der Waals surface area contributed by atoms with Crippen LogP contribution in [0.25, 0.3) is 0 Å². The number of nitrogens with one attached hydrogen (secondary N) is 1. The minimum atomic E-state index is -3.52. The zero-order valence-corrected chi connectivity index (χ0v) is 16.1. The molecular weight excluding hydrogens is 358 g/mol. The summed E-state index contributed by atoms with van der Waals surface area (Å²) < 4.78 is 33.2. The molecule has 3 rings (SSSR count). The van der Waals surface area contributed by atoms with Crippen LogP contribution < -0.4 is 4.72 Å². The van der Waals surface area contributed by atoms with Crippen LogP contribution in [0.5, 0.6) is 0 Å². The summed E-state index contributed by atoms with van der Waals surface area (Å²) in [7, 11) is -3.52. The van der Waals surface area contributed by atoms with Crippen molar-refractivity contribution in [2.45, 2.75) is 31.6 Å². The van der Waals surface area contributed by atoms with E-state index in [2.05, 4.69) is 4.72 Å². The summed E-state index contributed by atoms with van der Waals surface area (Å²) in [6, 6.07) is 24.6. The summed E-state index contributed by atoms with van der Waals surface area (Å²) in [5.74, 6) is 0. The molecule has 3 aromatic rings. The third-order valence-electron chi connectivity index (χ3n) is 4.17. The van der Waals surface area contributed by atoms with E-state index in [4.69, 9.17) is 4.74 Å². The second-order valence-electron chi connectivity index (χ2n) is 6.44. The van der Waals surface area contributed by atoms with Gasteiger partial charge in [-0.3, -0.25) is 0 Å². The summed E-state index contributed by atoms with van der Waals surface area (Å²) in [4.78, 5) is 0.274. The fraction of sp³-hybridized carbons (Fsp3) is 0.182. The Morgan fingerprint density at radius 3 is 2.15 bits per heavy atom. The number of sulfonamides is 1. The van der Waals surface area contributed by atoms with Crippen molar-refractivity contribution in [2.24, 2.45) is 0 Å². The van der Waals surface area contributed by atoms with Gasteiger partial charge in [-0.2, -0.15) is 0 Å². The van der Waals surface area contributed by atoms with E-state index in [0.29, 0.717) is 13.2 Å². The SMILES string of the molecule is Cc1ccc(S(=O)(=O)NCc2cccc(COCc3ccccc3)c2)cc1. The van der Waals surface area contributed by atoms with Crippen molar-refractivity contribution in [3.63, 3.8) is 0 Å². The molecule has 0 bridgehead atoms. The van der Waals surface area contributed by atoms with Gasteiger partial charge in [0.1, 0.15) is 0 Å². The number of rotatable bonds is 8. The van der Waals surface area contributed by atoms with E-state index in [1.165, 1.54) is 0 Å². The van der Waals surface area contributed by atoms with Crippen molar-refractivity contribution in [1.29, 1.82) is 0 Å². The van der Waals surface area contributed by atoms with Crippen LogP contribution >= 0.6 is 0 Å². The molecule has 1 N–H and O–H groups in total. The lowest BCUT2D eigenvalue weighted by Gasteiger charge is -2.09. The van der Waals surface area contributed by atoms with E-state index in [-0.39, 0.29) is 11.4 Å². The number of aryl methyl sites for hydroxylation is 1. The molecule has 0 aliphatic heterocycles. The molecule has 0 aliphatic rings. The highest BCUT2D eigenvalue weighted by atomic mass is 32.2. The maximum atomic E-state index is 12.4. The monoisotopic (exact) mass is 381 g/mol. The van der Waals surface area contributed by atoms with Crippen molar-refractivity contribution in [3.05, 3.63) is 101 Å². The highest BCUT2D eigenvalue weighted by Crippen LogP contribution is 2.12.